The molecule has 0 saturated carbocycles. The zero-order valence-corrected chi connectivity index (χ0v) is 18.0. The first-order valence-corrected chi connectivity index (χ1v) is 11.6. The number of benzene rings is 5. The average Bonchev–Trinajstić information content (AvgIpc) is 2.86. The molecule has 7 rings (SSSR count). The lowest BCUT2D eigenvalue weighted by Crippen LogP contribution is -2.08. The van der Waals surface area contributed by atoms with E-state index in [1.54, 1.807) is 0 Å². The van der Waals surface area contributed by atoms with Gasteiger partial charge in [-0.3, -0.25) is 0 Å². The highest BCUT2D eigenvalue weighted by molar-refractivity contribution is 7.99. The van der Waals surface area contributed by atoms with Crippen LogP contribution >= 0.6 is 11.8 Å². The number of para-hydroxylation sites is 1. The number of fused-ring (bicyclic) bond motifs is 6. The van der Waals surface area contributed by atoms with E-state index in [1.165, 1.54) is 48.4 Å². The van der Waals surface area contributed by atoms with Crippen LogP contribution in [0.25, 0.3) is 21.9 Å². The molecule has 5 aromatic carbocycles. The Hall–Kier alpha value is -3.75. The molecule has 1 nitrogen and oxygen atoms in total. The second-order valence-electron chi connectivity index (χ2n) is 8.10. The summed E-state index contributed by atoms with van der Waals surface area (Å²) in [5, 5.41) is 2.44. The van der Waals surface area contributed by atoms with Crippen molar-refractivity contribution in [1.29, 1.82) is 0 Å². The van der Waals surface area contributed by atoms with Crippen LogP contribution in [0.2, 0.25) is 0 Å². The normalized spacial score (nSPS) is 13.6. The van der Waals surface area contributed by atoms with Crippen molar-refractivity contribution in [3.05, 3.63) is 131 Å². The molecule has 0 N–H and O–H groups in total. The standard InChI is InChI=1S/C30H18OS/c1-2-10-20-19(9-1)17-18-25-29(20)30(21-11-3-6-14-24(21)31-25)28-22-12-4-7-15-26(22)32-27-16-8-5-13-23(27)28/h1-18H. The summed E-state index contributed by atoms with van der Waals surface area (Å²) in [6, 6.07) is 38.8. The van der Waals surface area contributed by atoms with Crippen molar-refractivity contribution in [2.75, 3.05) is 0 Å². The minimum atomic E-state index is 0.908. The molecule has 0 bridgehead atoms. The van der Waals surface area contributed by atoms with Gasteiger partial charge in [-0.25, -0.2) is 0 Å². The summed E-state index contributed by atoms with van der Waals surface area (Å²) in [7, 11) is 0. The predicted octanol–water partition coefficient (Wildman–Crippen LogP) is 8.42. The molecular formula is C30H18OS. The smallest absolute Gasteiger partial charge is 0.135 e. The van der Waals surface area contributed by atoms with Gasteiger partial charge in [0, 0.05) is 26.5 Å². The maximum atomic E-state index is 6.44. The third kappa shape index (κ3) is 2.54. The van der Waals surface area contributed by atoms with Crippen molar-refractivity contribution < 1.29 is 4.74 Å². The summed E-state index contributed by atoms with van der Waals surface area (Å²) in [6.45, 7) is 0. The largest absolute Gasteiger partial charge is 0.456 e. The highest BCUT2D eigenvalue weighted by atomic mass is 32.2. The second-order valence-corrected chi connectivity index (χ2v) is 9.19. The van der Waals surface area contributed by atoms with Gasteiger partial charge in [-0.2, -0.15) is 0 Å². The molecule has 0 unspecified atom stereocenters. The van der Waals surface area contributed by atoms with Crippen molar-refractivity contribution in [3.8, 4) is 11.5 Å². The van der Waals surface area contributed by atoms with Gasteiger partial charge in [0.05, 0.1) is 0 Å². The highest BCUT2D eigenvalue weighted by Gasteiger charge is 2.31. The molecule has 0 fully saturated rings. The summed E-state index contributed by atoms with van der Waals surface area (Å²) in [5.74, 6) is 1.82. The topological polar surface area (TPSA) is 9.23 Å². The number of ether oxygens (including phenoxy) is 1. The second kappa shape index (κ2) is 6.88. The van der Waals surface area contributed by atoms with Crippen molar-refractivity contribution >= 4 is 33.7 Å². The van der Waals surface area contributed by atoms with Gasteiger partial charge in [-0.1, -0.05) is 96.7 Å². The maximum absolute atomic E-state index is 6.44. The predicted molar refractivity (Wildman–Crippen MR) is 132 cm³/mol. The Kier molecular flexibility index (Phi) is 3.84. The molecule has 0 spiro atoms. The molecule has 0 amide bonds. The molecular weight excluding hydrogens is 408 g/mol. The van der Waals surface area contributed by atoms with Gasteiger partial charge in [0.1, 0.15) is 11.5 Å². The van der Waals surface area contributed by atoms with E-state index < -0.39 is 0 Å². The van der Waals surface area contributed by atoms with Crippen molar-refractivity contribution in [1.82, 2.24) is 0 Å². The first-order chi connectivity index (χ1) is 15.9. The third-order valence-corrected chi connectivity index (χ3v) is 7.45. The van der Waals surface area contributed by atoms with Crippen molar-refractivity contribution in [2.45, 2.75) is 9.79 Å². The lowest BCUT2D eigenvalue weighted by molar-refractivity contribution is 0.475. The summed E-state index contributed by atoms with van der Waals surface area (Å²) < 4.78 is 6.44. The fourth-order valence-electron chi connectivity index (χ4n) is 4.93. The number of hydrogen-bond donors (Lipinski definition) is 0. The van der Waals surface area contributed by atoms with E-state index in [2.05, 4.69) is 103 Å². The minimum Gasteiger partial charge on any atom is -0.456 e. The van der Waals surface area contributed by atoms with E-state index in [0.29, 0.717) is 0 Å². The molecule has 5 aromatic rings. The van der Waals surface area contributed by atoms with Gasteiger partial charge < -0.3 is 4.74 Å². The number of hydrogen-bond acceptors (Lipinski definition) is 2. The molecule has 0 aliphatic carbocycles. The summed E-state index contributed by atoms with van der Waals surface area (Å²) in [6.07, 6.45) is 0. The molecule has 2 aliphatic heterocycles. The molecule has 150 valence electrons. The zero-order chi connectivity index (χ0) is 21.1. The number of rotatable bonds is 0. The Morgan fingerprint density at radius 3 is 1.88 bits per heavy atom. The third-order valence-electron chi connectivity index (χ3n) is 6.30. The molecule has 0 atom stereocenters. The van der Waals surface area contributed by atoms with E-state index in [1.807, 2.05) is 17.8 Å². The highest BCUT2D eigenvalue weighted by Crippen LogP contribution is 2.54. The Morgan fingerprint density at radius 2 is 1.09 bits per heavy atom. The van der Waals surface area contributed by atoms with Crippen molar-refractivity contribution in [2.24, 2.45) is 0 Å². The molecule has 2 heterocycles. The molecule has 0 radical (unpaired) electrons. The minimum absolute atomic E-state index is 0.908. The average molecular weight is 427 g/mol. The monoisotopic (exact) mass is 426 g/mol. The van der Waals surface area contributed by atoms with E-state index in [4.69, 9.17) is 4.74 Å². The van der Waals surface area contributed by atoms with Gasteiger partial charge in [0.15, 0.2) is 0 Å². The van der Waals surface area contributed by atoms with Gasteiger partial charge >= 0.3 is 0 Å². The summed E-state index contributed by atoms with van der Waals surface area (Å²) >= 11 is 1.85. The van der Waals surface area contributed by atoms with Crippen LogP contribution in [0, 0.1) is 0 Å². The van der Waals surface area contributed by atoms with Gasteiger partial charge in [-0.15, -0.1) is 0 Å². The first kappa shape index (κ1) is 17.9. The van der Waals surface area contributed by atoms with Crippen LogP contribution < -0.4 is 4.74 Å². The lowest BCUT2D eigenvalue weighted by Gasteiger charge is -2.30. The molecule has 0 saturated heterocycles. The molecule has 32 heavy (non-hydrogen) atoms. The van der Waals surface area contributed by atoms with E-state index in [-0.39, 0.29) is 0 Å². The van der Waals surface area contributed by atoms with Crippen LogP contribution in [0.3, 0.4) is 0 Å². The van der Waals surface area contributed by atoms with E-state index in [0.717, 1.165) is 17.1 Å². The Labute approximate surface area is 191 Å². The van der Waals surface area contributed by atoms with Crippen LogP contribution in [0.1, 0.15) is 22.3 Å². The Balaban J connectivity index is 1.71. The van der Waals surface area contributed by atoms with Gasteiger partial charge in [0.25, 0.3) is 0 Å². The van der Waals surface area contributed by atoms with E-state index >= 15 is 0 Å². The Morgan fingerprint density at radius 1 is 0.469 bits per heavy atom. The van der Waals surface area contributed by atoms with Crippen molar-refractivity contribution in [3.63, 3.8) is 0 Å². The maximum Gasteiger partial charge on any atom is 0.135 e. The van der Waals surface area contributed by atoms with Crippen LogP contribution in [0.4, 0.5) is 0 Å². The van der Waals surface area contributed by atoms with E-state index in [9.17, 15) is 0 Å². The zero-order valence-electron chi connectivity index (χ0n) is 17.2. The molecule has 0 aromatic heterocycles. The van der Waals surface area contributed by atoms with Gasteiger partial charge in [-0.05, 0) is 51.7 Å². The molecule has 2 heteroatoms. The molecule has 2 aliphatic rings. The van der Waals surface area contributed by atoms with Gasteiger partial charge in [0.2, 0.25) is 0 Å². The van der Waals surface area contributed by atoms with Crippen LogP contribution in [0.5, 0.6) is 11.5 Å². The first-order valence-electron chi connectivity index (χ1n) is 10.8. The summed E-state index contributed by atoms with van der Waals surface area (Å²) in [4.78, 5) is 2.58. The lowest BCUT2D eigenvalue weighted by atomic mass is 9.82. The van der Waals surface area contributed by atoms with Crippen LogP contribution in [-0.4, -0.2) is 0 Å². The fraction of sp³-hybridized carbons (Fsp3) is 0. The Bertz CT molecular complexity index is 1530. The summed E-state index contributed by atoms with van der Waals surface area (Å²) in [5.41, 5.74) is 7.40. The van der Waals surface area contributed by atoms with Crippen LogP contribution in [-0.2, 0) is 0 Å². The quantitative estimate of drug-likeness (QED) is 0.241. The SMILES string of the molecule is c1ccc2c(c1)Oc1ccc3ccccc3c1C2=C1c2ccccc2Sc2ccccc21. The van der Waals surface area contributed by atoms with Crippen LogP contribution in [0.15, 0.2) is 119 Å². The fourth-order valence-corrected chi connectivity index (χ4v) is 6.02.